The molecule has 49 nitrogen and oxygen atoms in total. The van der Waals surface area contributed by atoms with Gasteiger partial charge in [-0.25, -0.2) is 38.4 Å². The summed E-state index contributed by atoms with van der Waals surface area (Å²) >= 11 is 0. The van der Waals surface area contributed by atoms with Gasteiger partial charge in [0, 0.05) is 153 Å². The van der Waals surface area contributed by atoms with E-state index in [1.165, 1.54) is 86.1 Å². The fraction of sp³-hybridized carbons (Fsp3) is 0.656. The van der Waals surface area contributed by atoms with Crippen LogP contribution in [0.1, 0.15) is 197 Å². The quantitative estimate of drug-likeness (QED) is 0.0138. The topological polar surface area (TPSA) is 640 Å². The van der Waals surface area contributed by atoms with Crippen LogP contribution in [-0.4, -0.2) is 230 Å². The third-order valence-corrected chi connectivity index (χ3v) is 30.4. The van der Waals surface area contributed by atoms with Crippen molar-refractivity contribution in [1.82, 2.24) is 114 Å². The van der Waals surface area contributed by atoms with Gasteiger partial charge in [0.05, 0.1) is 48.8 Å². The maximum Gasteiger partial charge on any atom is 0.330 e. The Morgan fingerprint density at radius 1 is 0.241 bits per heavy atom. The van der Waals surface area contributed by atoms with E-state index >= 15 is 0 Å². The van der Waals surface area contributed by atoms with Gasteiger partial charge in [-0.1, -0.05) is 0 Å². The van der Waals surface area contributed by atoms with Crippen LogP contribution in [0.25, 0.3) is 0 Å². The van der Waals surface area contributed by atoms with E-state index in [2.05, 4.69) is 77.1 Å². The molecule has 24 atom stereocenters. The lowest BCUT2D eigenvalue weighted by Crippen LogP contribution is -2.38. The summed E-state index contributed by atoms with van der Waals surface area (Å²) < 4.78 is 64.3. The summed E-state index contributed by atoms with van der Waals surface area (Å²) in [4.78, 5) is 238. The second-order valence-electron chi connectivity index (χ2n) is 40.4. The van der Waals surface area contributed by atoms with Gasteiger partial charge in [0.2, 0.25) is 0 Å². The molecule has 0 radical (unpaired) electrons. The van der Waals surface area contributed by atoms with Crippen molar-refractivity contribution >= 4 is 6.29 Å². The molecule has 8 aromatic rings. The molecule has 790 valence electrons. The van der Waals surface area contributed by atoms with Crippen molar-refractivity contribution in [1.29, 1.82) is 0 Å². The number of aromatic amines is 8. The van der Waals surface area contributed by atoms with Gasteiger partial charge in [-0.2, -0.15) is 0 Å². The van der Waals surface area contributed by atoms with Crippen molar-refractivity contribution in [3.63, 3.8) is 0 Å². The first kappa shape index (κ1) is 106. The molecular formula is C96H136N24O25. The van der Waals surface area contributed by atoms with Crippen LogP contribution in [0, 0.1) is 103 Å². The number of rotatable bonds is 46. The molecule has 8 aromatic heterocycles. The molecule has 0 amide bonds. The molecule has 0 bridgehead atoms. The Morgan fingerprint density at radius 2 is 0.379 bits per heavy atom. The fourth-order valence-corrected chi connectivity index (χ4v) is 22.0. The Hall–Kier alpha value is -11.5. The number of nitrogens with one attached hydrogen (secondary N) is 15. The van der Waals surface area contributed by atoms with Crippen LogP contribution in [0.4, 0.5) is 0 Å². The predicted molar refractivity (Wildman–Crippen MR) is 527 cm³/mol. The number of carbonyl (C=O) groups excluding carboxylic acids is 1. The lowest BCUT2D eigenvalue weighted by molar-refractivity contribution is -0.109. The summed E-state index contributed by atoms with van der Waals surface area (Å²) in [5.41, 5.74) is 0.00918. The van der Waals surface area contributed by atoms with Gasteiger partial charge < -0.3 is 85.6 Å². The van der Waals surface area contributed by atoms with Gasteiger partial charge in [0.15, 0.2) is 0 Å². The summed E-state index contributed by atoms with van der Waals surface area (Å²) in [5, 5.41) is 25.2. The van der Waals surface area contributed by atoms with Crippen molar-refractivity contribution in [2.24, 2.45) is 53.1 Å². The van der Waals surface area contributed by atoms with Crippen molar-refractivity contribution < 1.29 is 42.7 Å². The predicted octanol–water partition coefficient (Wildman–Crippen LogP) is -2.51. The van der Waals surface area contributed by atoms with Crippen LogP contribution in [0.2, 0.25) is 0 Å². The number of hydrogen-bond donors (Lipinski definition) is 16. The summed E-state index contributed by atoms with van der Waals surface area (Å²) in [6.07, 6.45) is 11.6. The third-order valence-electron chi connectivity index (χ3n) is 30.4. The zero-order valence-electron chi connectivity index (χ0n) is 82.8. The number of aryl methyl sites for hydroxylation is 8. The van der Waals surface area contributed by atoms with Gasteiger partial charge in [-0.15, -0.1) is 0 Å². The second kappa shape index (κ2) is 47.5. The highest BCUT2D eigenvalue weighted by molar-refractivity contribution is 5.50. The van der Waals surface area contributed by atoms with Crippen molar-refractivity contribution in [3.8, 4) is 0 Å². The minimum Gasteiger partial charge on any atom is -0.353 e. The Labute approximate surface area is 827 Å². The molecule has 0 aromatic carbocycles. The van der Waals surface area contributed by atoms with Crippen LogP contribution in [0.3, 0.4) is 0 Å². The zero-order valence-corrected chi connectivity index (χ0v) is 82.8. The molecule has 17 N–H and O–H groups in total. The molecule has 8 saturated heterocycles. The lowest BCUT2D eigenvalue weighted by Gasteiger charge is -2.23. The standard InChI is InChI=1S/C96H136N24O25/c1-49-41-113(89(130)105-81(49)122)73-25-57(65(33-97)138-73)9-17-98-34-66-58(26-74(139-66)114-42-50(2)82(123)106-90(114)131)10-18-99-35-67-59(27-75(140-67)115-43-51(3)83(124)107-91(115)132)11-19-100-36-68-60(28-76(141-68)116-44-52(4)84(125)108-92(116)133)12-20-101-37-69-61(29-77(142-69)117-45-53(5)85(126)109-93(117)134)13-21-102-38-70-62(30-78(143-70)118-46-54(6)86(127)110-94(118)135)14-22-103-39-71-63(31-79(144-71)119-47-55(7)87(128)111-95(119)136)15-23-104-40-72-64(16-24-121)32-80(145-72)120-48-56(8)88(129)112-96(120)137/h24,41-48,57-80,98-104H,9-23,25-40,97H2,1-8H3,(H,105,122,130)(H,106,123,131)(H,107,124,132)(H,108,125,133)(H,109,126,134)(H,110,127,135)(H,111,128,136)(H,112,129,137)/t57-,58-,59-,60-,61-,62-,63-,64-,65+,66+,67+,68+,69+,70+,71+,72+,73+,74+,75+,76+,77+,78+,79+,80+/m0/s1. The third kappa shape index (κ3) is 25.3. The van der Waals surface area contributed by atoms with Gasteiger partial charge >= 0.3 is 45.5 Å². The number of nitrogens with two attached hydrogens (primary N) is 1. The summed E-state index contributed by atoms with van der Waals surface area (Å²) in [6, 6.07) is 0. The number of ether oxygens (including phenoxy) is 8. The molecule has 8 aliphatic rings. The molecule has 145 heavy (non-hydrogen) atoms. The summed E-state index contributed by atoms with van der Waals surface area (Å²) in [6.45, 7) is 19.1. The van der Waals surface area contributed by atoms with E-state index in [0.29, 0.717) is 232 Å². The molecule has 49 heteroatoms. The maximum atomic E-state index is 13.6. The van der Waals surface area contributed by atoms with Crippen molar-refractivity contribution in [2.75, 3.05) is 98.2 Å². The first-order valence-electron chi connectivity index (χ1n) is 50.5. The fourth-order valence-electron chi connectivity index (χ4n) is 22.0. The van der Waals surface area contributed by atoms with Gasteiger partial charge in [-0.3, -0.25) is 115 Å². The highest BCUT2D eigenvalue weighted by atomic mass is 16.5. The van der Waals surface area contributed by atoms with Crippen LogP contribution in [0.15, 0.2) is 126 Å². The molecule has 0 unspecified atom stereocenters. The first-order chi connectivity index (χ1) is 69.6. The lowest BCUT2D eigenvalue weighted by atomic mass is 9.94. The monoisotopic (exact) mass is 2030 g/mol. The van der Waals surface area contributed by atoms with E-state index in [1.54, 1.807) is 55.4 Å². The van der Waals surface area contributed by atoms with Crippen LogP contribution in [-0.2, 0) is 42.7 Å². The van der Waals surface area contributed by atoms with Crippen LogP contribution in [0.5, 0.6) is 0 Å². The number of H-pyrrole nitrogens is 8. The van der Waals surface area contributed by atoms with Crippen molar-refractivity contribution in [3.05, 3.63) is 261 Å². The molecule has 8 aliphatic heterocycles. The number of aldehydes is 1. The number of aromatic nitrogens is 16. The molecule has 0 aliphatic carbocycles. The van der Waals surface area contributed by atoms with E-state index in [4.69, 9.17) is 43.6 Å². The molecule has 0 spiro atoms. The van der Waals surface area contributed by atoms with E-state index in [1.807, 2.05) is 0 Å². The normalized spacial score (nSPS) is 28.3. The smallest absolute Gasteiger partial charge is 0.330 e. The maximum absolute atomic E-state index is 13.6. The average Bonchev–Trinajstić information content (AvgIpc) is 1.74. The summed E-state index contributed by atoms with van der Waals surface area (Å²) in [5.74, 6) is -0.972. The SMILES string of the molecule is Cc1cn([C@H]2C[C@H](CCNC[C@H]3O[C@@H](n4cc(C)c(=O)[nH]c4=O)C[C@@H]3CCNC[C@H]3O[C@@H](n4cc(C)c(=O)[nH]c4=O)C[C@@H]3CCNC[C@H]3O[C@@H](n4cc(C)c(=O)[nH]c4=O)C[C@@H]3CCNC[C@H]3O[C@@H](n4cc(C)c(=O)[nH]c4=O)C[C@@H]3CCNC[C@H]3O[C@@H](n4cc(C)c(=O)[nH]c4=O)C[C@@H]3CCNC[C@H]3O[C@@H](n4cc(C)c(=O)[nH]c4=O)C[C@@H]3CCNC[C@H]3O[C@@H](n4cc(C)c(=O)[nH]c4=O)C[C@@H]3CC=O)[C@@H](CN)O2)c(=O)[nH]c1=O. The van der Waals surface area contributed by atoms with E-state index in [9.17, 15) is 81.5 Å². The second-order valence-corrected chi connectivity index (χ2v) is 40.4. The zero-order chi connectivity index (χ0) is 103. The Kier molecular flexibility index (Phi) is 34.8. The Balaban J connectivity index is 0.545. The molecule has 0 saturated carbocycles. The van der Waals surface area contributed by atoms with Crippen LogP contribution < -0.4 is 133 Å². The molecule has 16 rings (SSSR count). The van der Waals surface area contributed by atoms with Gasteiger partial charge in [0.1, 0.15) is 56.1 Å². The number of carbonyl (C=O) groups is 1. The van der Waals surface area contributed by atoms with E-state index in [-0.39, 0.29) is 72.5 Å². The molecule has 8 fully saturated rings. The summed E-state index contributed by atoms with van der Waals surface area (Å²) in [7, 11) is 0. The molecular weight excluding hydrogens is 1890 g/mol. The van der Waals surface area contributed by atoms with Crippen molar-refractivity contribution in [2.45, 2.75) is 257 Å². The van der Waals surface area contributed by atoms with E-state index < -0.39 is 176 Å². The minimum atomic E-state index is -0.745. The van der Waals surface area contributed by atoms with Gasteiger partial charge in [-0.05, 0) is 245 Å². The largest absolute Gasteiger partial charge is 0.353 e. The number of nitrogens with zero attached hydrogens (tertiary/aromatic N) is 8. The van der Waals surface area contributed by atoms with E-state index in [0.717, 1.165) is 6.29 Å². The first-order valence-corrected chi connectivity index (χ1v) is 50.5. The Bertz CT molecular complexity index is 6840. The van der Waals surface area contributed by atoms with Crippen LogP contribution >= 0.6 is 0 Å². The average molecular weight is 2030 g/mol. The minimum absolute atomic E-state index is 0.0175. The highest BCUT2D eigenvalue weighted by Gasteiger charge is 2.46. The molecule has 16 heterocycles. The Morgan fingerprint density at radius 3 is 0.531 bits per heavy atom. The number of hydrogen-bond acceptors (Lipinski definition) is 33. The van der Waals surface area contributed by atoms with Gasteiger partial charge in [0.25, 0.3) is 44.5 Å². The highest BCUT2D eigenvalue weighted by Crippen LogP contribution is 2.43.